The van der Waals surface area contributed by atoms with E-state index in [9.17, 15) is 4.79 Å². The fourth-order valence-electron chi connectivity index (χ4n) is 5.98. The highest BCUT2D eigenvalue weighted by Gasteiger charge is 2.55. The summed E-state index contributed by atoms with van der Waals surface area (Å²) in [6.45, 7) is 7.80. The quantitative estimate of drug-likeness (QED) is 0.816. The van der Waals surface area contributed by atoms with E-state index in [1.165, 1.54) is 31.5 Å². The maximum Gasteiger partial charge on any atom is 0.231 e. The molecule has 1 aromatic rings. The third kappa shape index (κ3) is 2.65. The predicted octanol–water partition coefficient (Wildman–Crippen LogP) is 3.24. The van der Waals surface area contributed by atoms with Crippen molar-refractivity contribution in [2.45, 2.75) is 57.5 Å². The average Bonchev–Trinajstić information content (AvgIpc) is 3.35. The summed E-state index contributed by atoms with van der Waals surface area (Å²) in [6, 6.07) is 7.21. The Hall–Kier alpha value is -1.75. The lowest BCUT2D eigenvalue weighted by Crippen LogP contribution is -2.61. The van der Waals surface area contributed by atoms with E-state index in [0.717, 1.165) is 30.9 Å². The lowest BCUT2D eigenvalue weighted by molar-refractivity contribution is -0.140. The summed E-state index contributed by atoms with van der Waals surface area (Å²) >= 11 is 0. The summed E-state index contributed by atoms with van der Waals surface area (Å²) in [5.41, 5.74) is 1.29. The van der Waals surface area contributed by atoms with Crippen molar-refractivity contribution in [3.8, 4) is 11.5 Å². The number of carbonyl (C=O) groups is 1. The molecule has 0 saturated carbocycles. The highest BCUT2D eigenvalue weighted by molar-refractivity contribution is 5.80. The fourth-order valence-corrected chi connectivity index (χ4v) is 5.98. The van der Waals surface area contributed by atoms with Gasteiger partial charge in [0.05, 0.1) is 6.04 Å². The summed E-state index contributed by atoms with van der Waals surface area (Å²) in [4.78, 5) is 18.3. The molecule has 5 heterocycles. The van der Waals surface area contributed by atoms with Gasteiger partial charge in [0.25, 0.3) is 0 Å². The molecule has 0 radical (unpaired) electrons. The number of benzene rings is 1. The van der Waals surface area contributed by atoms with Crippen LogP contribution in [0.2, 0.25) is 0 Å². The lowest BCUT2D eigenvalue weighted by atomic mass is 9.75. The van der Waals surface area contributed by atoms with E-state index in [1.54, 1.807) is 0 Å². The largest absolute Gasteiger partial charge is 0.454 e. The first-order valence-corrected chi connectivity index (χ1v) is 10.6. The fraction of sp³-hybridized carbons (Fsp3) is 0.682. The van der Waals surface area contributed by atoms with Gasteiger partial charge in [0.1, 0.15) is 0 Å². The first-order valence-electron chi connectivity index (χ1n) is 10.6. The summed E-state index contributed by atoms with van der Waals surface area (Å²) in [5.74, 6) is 3.26. The third-order valence-corrected chi connectivity index (χ3v) is 7.44. The van der Waals surface area contributed by atoms with Crippen LogP contribution in [0.3, 0.4) is 0 Å². The zero-order valence-electron chi connectivity index (χ0n) is 16.4. The van der Waals surface area contributed by atoms with Gasteiger partial charge in [0.2, 0.25) is 12.7 Å². The molecule has 5 nitrogen and oxygen atoms in total. The van der Waals surface area contributed by atoms with Crippen molar-refractivity contribution in [1.29, 1.82) is 0 Å². The van der Waals surface area contributed by atoms with Crippen LogP contribution in [0, 0.1) is 11.8 Å². The Kier molecular flexibility index (Phi) is 4.30. The summed E-state index contributed by atoms with van der Waals surface area (Å²) in [5, 5.41) is 0. The molecule has 2 bridgehead atoms. The highest BCUT2D eigenvalue weighted by Crippen LogP contribution is 2.48. The maximum atomic E-state index is 13.4. The minimum Gasteiger partial charge on any atom is -0.454 e. The molecule has 0 N–H and O–H groups in total. The minimum absolute atomic E-state index is 0.164. The molecule has 3 atom stereocenters. The third-order valence-electron chi connectivity index (χ3n) is 7.44. The van der Waals surface area contributed by atoms with Crippen LogP contribution in [-0.2, 0) is 4.79 Å². The SMILES string of the molecule is CCC(CC)C(=O)N1C[C@@H](c2ccc3c(c2)OCO3)[C@@H]2[C@H]1C1CCN2CC1. The van der Waals surface area contributed by atoms with Gasteiger partial charge >= 0.3 is 0 Å². The number of hydrogen-bond acceptors (Lipinski definition) is 4. The predicted molar refractivity (Wildman–Crippen MR) is 103 cm³/mol. The number of fused-ring (bicyclic) bond motifs is 3. The van der Waals surface area contributed by atoms with Gasteiger partial charge in [-0.15, -0.1) is 0 Å². The van der Waals surface area contributed by atoms with E-state index in [1.807, 2.05) is 6.07 Å². The van der Waals surface area contributed by atoms with Gasteiger partial charge in [-0.3, -0.25) is 9.69 Å². The molecular weight excluding hydrogens is 340 g/mol. The monoisotopic (exact) mass is 370 g/mol. The van der Waals surface area contributed by atoms with Crippen LogP contribution >= 0.6 is 0 Å². The van der Waals surface area contributed by atoms with Crippen molar-refractivity contribution in [3.05, 3.63) is 23.8 Å². The number of nitrogens with zero attached hydrogens (tertiary/aromatic N) is 2. The van der Waals surface area contributed by atoms with E-state index in [-0.39, 0.29) is 5.92 Å². The average molecular weight is 370 g/mol. The van der Waals surface area contributed by atoms with Crippen molar-refractivity contribution in [3.63, 3.8) is 0 Å². The van der Waals surface area contributed by atoms with Crippen molar-refractivity contribution >= 4 is 5.91 Å². The molecule has 4 saturated heterocycles. The van der Waals surface area contributed by atoms with Gasteiger partial charge < -0.3 is 14.4 Å². The highest BCUT2D eigenvalue weighted by atomic mass is 16.7. The summed E-state index contributed by atoms with van der Waals surface area (Å²) in [6.07, 6.45) is 4.35. The zero-order valence-corrected chi connectivity index (χ0v) is 16.4. The molecule has 0 aromatic heterocycles. The van der Waals surface area contributed by atoms with Crippen molar-refractivity contribution in [2.24, 2.45) is 11.8 Å². The molecule has 4 fully saturated rings. The van der Waals surface area contributed by atoms with Crippen LogP contribution in [0.4, 0.5) is 0 Å². The van der Waals surface area contributed by atoms with Crippen molar-refractivity contribution < 1.29 is 14.3 Å². The van der Waals surface area contributed by atoms with Crippen LogP contribution in [0.1, 0.15) is 51.0 Å². The molecule has 1 amide bonds. The van der Waals surface area contributed by atoms with E-state index in [2.05, 4.69) is 35.8 Å². The van der Waals surface area contributed by atoms with Crippen LogP contribution in [0.15, 0.2) is 18.2 Å². The molecule has 0 unspecified atom stereocenters. The first-order chi connectivity index (χ1) is 13.2. The van der Waals surface area contributed by atoms with Crippen LogP contribution in [-0.4, -0.2) is 54.2 Å². The number of likely N-dealkylation sites (tertiary alicyclic amines) is 1. The number of ether oxygens (including phenoxy) is 2. The molecular formula is C22H30N2O3. The Labute approximate surface area is 161 Å². The van der Waals surface area contributed by atoms with Crippen LogP contribution in [0.5, 0.6) is 11.5 Å². The van der Waals surface area contributed by atoms with Crippen molar-refractivity contribution in [2.75, 3.05) is 26.4 Å². The number of carbonyl (C=O) groups excluding carboxylic acids is 1. The molecule has 1 aromatic carbocycles. The van der Waals surface area contributed by atoms with Gasteiger partial charge in [-0.2, -0.15) is 0 Å². The molecule has 0 spiro atoms. The second-order valence-electron chi connectivity index (χ2n) is 8.58. The summed E-state index contributed by atoms with van der Waals surface area (Å²) in [7, 11) is 0. The molecule has 0 aliphatic carbocycles. The molecule has 5 aliphatic heterocycles. The smallest absolute Gasteiger partial charge is 0.231 e. The molecule has 6 rings (SSSR count). The first kappa shape index (κ1) is 17.4. The van der Waals surface area contributed by atoms with Gasteiger partial charge in [-0.25, -0.2) is 0 Å². The van der Waals surface area contributed by atoms with E-state index >= 15 is 0 Å². The Morgan fingerprint density at radius 3 is 2.59 bits per heavy atom. The van der Waals surface area contributed by atoms with Crippen LogP contribution < -0.4 is 9.47 Å². The number of rotatable bonds is 4. The summed E-state index contributed by atoms with van der Waals surface area (Å²) < 4.78 is 11.1. The Morgan fingerprint density at radius 2 is 1.85 bits per heavy atom. The van der Waals surface area contributed by atoms with Crippen molar-refractivity contribution in [1.82, 2.24) is 9.80 Å². The normalized spacial score (nSPS) is 33.6. The van der Waals surface area contributed by atoms with Gasteiger partial charge in [0, 0.05) is 24.4 Å². The molecule has 5 aliphatic rings. The zero-order chi connectivity index (χ0) is 18.5. The van der Waals surface area contributed by atoms with E-state index in [4.69, 9.17) is 9.47 Å². The second kappa shape index (κ2) is 6.69. The van der Waals surface area contributed by atoms with Gasteiger partial charge in [-0.1, -0.05) is 19.9 Å². The van der Waals surface area contributed by atoms with Crippen LogP contribution in [0.25, 0.3) is 0 Å². The van der Waals surface area contributed by atoms with E-state index < -0.39 is 0 Å². The lowest BCUT2D eigenvalue weighted by Gasteiger charge is -2.51. The Morgan fingerprint density at radius 1 is 1.11 bits per heavy atom. The Balaban J connectivity index is 1.50. The maximum absolute atomic E-state index is 13.4. The molecule has 5 heteroatoms. The topological polar surface area (TPSA) is 42.0 Å². The second-order valence-corrected chi connectivity index (χ2v) is 8.58. The molecule has 146 valence electrons. The standard InChI is InChI=1S/C22H30N2O3/c1-3-14(4-2)22(25)24-12-17(16-5-6-18-19(11-16)27-13-26-18)21-20(24)15-7-9-23(21)10-8-15/h5-6,11,14-15,17,20-21H,3-4,7-10,12-13H2,1-2H3/t17-,20+,21+/m0/s1. The number of hydrogen-bond donors (Lipinski definition) is 0. The molecule has 27 heavy (non-hydrogen) atoms. The number of amides is 1. The van der Waals surface area contributed by atoms with Gasteiger partial charge in [-0.05, 0) is 62.4 Å². The Bertz CT molecular complexity index is 724. The minimum atomic E-state index is 0.164. The number of piperidine rings is 3. The van der Waals surface area contributed by atoms with Gasteiger partial charge in [0.15, 0.2) is 11.5 Å². The van der Waals surface area contributed by atoms with E-state index in [0.29, 0.717) is 36.6 Å².